The normalized spacial score (nSPS) is 17.7. The van der Waals surface area contributed by atoms with E-state index in [9.17, 15) is 4.79 Å². The summed E-state index contributed by atoms with van der Waals surface area (Å²) in [5.74, 6) is 0.882. The number of carbonyl (C=O) groups is 1. The highest BCUT2D eigenvalue weighted by atomic mass is 16.2. The minimum Gasteiger partial charge on any atom is -0.309 e. The van der Waals surface area contributed by atoms with Crippen LogP contribution in [0.1, 0.15) is 57.2 Å². The fourth-order valence-electron chi connectivity index (χ4n) is 3.41. The Morgan fingerprint density at radius 1 is 1.41 bits per heavy atom. The number of nitrogens with zero attached hydrogens (tertiary/aromatic N) is 3. The minimum absolute atomic E-state index is 0.0572. The molecule has 1 unspecified atom stereocenters. The van der Waals surface area contributed by atoms with Crippen molar-refractivity contribution in [1.29, 1.82) is 0 Å². The molecule has 1 atom stereocenters. The lowest BCUT2D eigenvalue weighted by Crippen LogP contribution is -2.46. The van der Waals surface area contributed by atoms with Crippen molar-refractivity contribution in [2.75, 3.05) is 12.4 Å². The summed E-state index contributed by atoms with van der Waals surface area (Å²) in [6, 6.07) is 0.413. The number of aromatic nitrogens is 2. The molecule has 0 aromatic carbocycles. The molecule has 1 aliphatic rings. The summed E-state index contributed by atoms with van der Waals surface area (Å²) in [5, 5.41) is 7.54. The molecule has 22 heavy (non-hydrogen) atoms. The quantitative estimate of drug-likeness (QED) is 0.910. The van der Waals surface area contributed by atoms with E-state index in [0.29, 0.717) is 6.04 Å². The topological polar surface area (TPSA) is 50.2 Å². The largest absolute Gasteiger partial charge is 0.309 e. The average Bonchev–Trinajstić information content (AvgIpc) is 2.81. The first kappa shape index (κ1) is 17.0. The molecular formula is C17H30N4O. The first-order valence-corrected chi connectivity index (χ1v) is 8.51. The van der Waals surface area contributed by atoms with Crippen molar-refractivity contribution in [2.24, 2.45) is 7.05 Å². The number of amides is 1. The number of anilines is 1. The van der Waals surface area contributed by atoms with E-state index in [1.807, 2.05) is 20.9 Å². The molecule has 1 N–H and O–H groups in total. The molecule has 2 rings (SSSR count). The van der Waals surface area contributed by atoms with E-state index >= 15 is 0 Å². The zero-order valence-electron chi connectivity index (χ0n) is 14.6. The number of rotatable bonds is 5. The third kappa shape index (κ3) is 3.51. The monoisotopic (exact) mass is 306 g/mol. The van der Waals surface area contributed by atoms with Gasteiger partial charge < -0.3 is 5.32 Å². The van der Waals surface area contributed by atoms with Crippen LogP contribution < -0.4 is 5.32 Å². The number of aryl methyl sites for hydroxylation is 2. The Kier molecular flexibility index (Phi) is 5.62. The van der Waals surface area contributed by atoms with Crippen LogP contribution in [0.25, 0.3) is 0 Å². The van der Waals surface area contributed by atoms with Crippen LogP contribution in [0.4, 0.5) is 5.82 Å². The smallest absolute Gasteiger partial charge is 0.242 e. The van der Waals surface area contributed by atoms with E-state index in [2.05, 4.69) is 29.3 Å². The molecule has 124 valence electrons. The third-order valence-electron chi connectivity index (χ3n) is 5.10. The SMILES string of the molecule is CCc1nn(C)c(NC(=O)C(C)N(C)C2CCCCC2)c1C. The predicted octanol–water partition coefficient (Wildman–Crippen LogP) is 2.88. The van der Waals surface area contributed by atoms with Crippen LogP contribution in [0.15, 0.2) is 0 Å². The number of carbonyl (C=O) groups excluding carboxylic acids is 1. The van der Waals surface area contributed by atoms with Gasteiger partial charge in [-0.15, -0.1) is 0 Å². The van der Waals surface area contributed by atoms with Crippen LogP contribution in [0, 0.1) is 6.92 Å². The van der Waals surface area contributed by atoms with Gasteiger partial charge in [-0.2, -0.15) is 5.10 Å². The minimum atomic E-state index is -0.123. The van der Waals surface area contributed by atoms with E-state index < -0.39 is 0 Å². The Morgan fingerprint density at radius 3 is 2.59 bits per heavy atom. The van der Waals surface area contributed by atoms with Gasteiger partial charge in [0.05, 0.1) is 11.7 Å². The van der Waals surface area contributed by atoms with E-state index in [-0.39, 0.29) is 11.9 Å². The van der Waals surface area contributed by atoms with Crippen molar-refractivity contribution in [1.82, 2.24) is 14.7 Å². The van der Waals surface area contributed by atoms with Gasteiger partial charge in [0.2, 0.25) is 5.91 Å². The van der Waals surface area contributed by atoms with Gasteiger partial charge in [-0.1, -0.05) is 26.2 Å². The van der Waals surface area contributed by atoms with E-state index in [0.717, 1.165) is 23.5 Å². The second kappa shape index (κ2) is 7.27. The van der Waals surface area contributed by atoms with Crippen LogP contribution in [-0.2, 0) is 18.3 Å². The maximum atomic E-state index is 12.6. The maximum absolute atomic E-state index is 12.6. The molecule has 0 saturated heterocycles. The Hall–Kier alpha value is -1.36. The molecule has 1 aliphatic carbocycles. The van der Waals surface area contributed by atoms with E-state index in [1.54, 1.807) is 4.68 Å². The van der Waals surface area contributed by atoms with Gasteiger partial charge >= 0.3 is 0 Å². The predicted molar refractivity (Wildman–Crippen MR) is 90.1 cm³/mol. The number of hydrogen-bond acceptors (Lipinski definition) is 3. The van der Waals surface area contributed by atoms with E-state index in [1.165, 1.54) is 32.1 Å². The lowest BCUT2D eigenvalue weighted by molar-refractivity contribution is -0.121. The first-order valence-electron chi connectivity index (χ1n) is 8.51. The fourth-order valence-corrected chi connectivity index (χ4v) is 3.41. The van der Waals surface area contributed by atoms with Gasteiger partial charge in [-0.25, -0.2) is 0 Å². The van der Waals surface area contributed by atoms with Gasteiger partial charge in [-0.3, -0.25) is 14.4 Å². The molecule has 5 nitrogen and oxygen atoms in total. The summed E-state index contributed by atoms with van der Waals surface area (Å²) in [7, 11) is 3.96. The molecule has 0 radical (unpaired) electrons. The molecule has 5 heteroatoms. The molecular weight excluding hydrogens is 276 g/mol. The standard InChI is InChI=1S/C17H30N4O/c1-6-15-12(2)16(21(5)19-15)18-17(22)13(3)20(4)14-10-8-7-9-11-14/h13-14H,6-11H2,1-5H3,(H,18,22). The van der Waals surface area contributed by atoms with Crippen molar-refractivity contribution in [2.45, 2.75) is 71.4 Å². The molecule has 1 aromatic rings. The van der Waals surface area contributed by atoms with Crippen LogP contribution in [0.3, 0.4) is 0 Å². The van der Waals surface area contributed by atoms with Gasteiger partial charge in [0.25, 0.3) is 0 Å². The van der Waals surface area contributed by atoms with Crippen LogP contribution in [-0.4, -0.2) is 39.7 Å². The van der Waals surface area contributed by atoms with Crippen molar-refractivity contribution >= 4 is 11.7 Å². The fraction of sp³-hybridized carbons (Fsp3) is 0.765. The molecule has 1 amide bonds. The van der Waals surface area contributed by atoms with Gasteiger partial charge in [0.1, 0.15) is 5.82 Å². The average molecular weight is 306 g/mol. The van der Waals surface area contributed by atoms with Crippen molar-refractivity contribution in [3.63, 3.8) is 0 Å². The Morgan fingerprint density at radius 2 is 2.05 bits per heavy atom. The maximum Gasteiger partial charge on any atom is 0.242 e. The summed E-state index contributed by atoms with van der Waals surface area (Å²) >= 11 is 0. The molecule has 0 aliphatic heterocycles. The second-order valence-electron chi connectivity index (χ2n) is 6.52. The summed E-state index contributed by atoms with van der Waals surface area (Å²) < 4.78 is 1.78. The third-order valence-corrected chi connectivity index (χ3v) is 5.10. The van der Waals surface area contributed by atoms with Crippen LogP contribution in [0.5, 0.6) is 0 Å². The molecule has 1 heterocycles. The summed E-state index contributed by atoms with van der Waals surface area (Å²) in [4.78, 5) is 14.8. The molecule has 1 fully saturated rings. The summed E-state index contributed by atoms with van der Waals surface area (Å²) in [5.41, 5.74) is 2.12. The number of hydrogen-bond donors (Lipinski definition) is 1. The Bertz CT molecular complexity index is 517. The van der Waals surface area contributed by atoms with Crippen molar-refractivity contribution in [3.8, 4) is 0 Å². The number of nitrogens with one attached hydrogen (secondary N) is 1. The lowest BCUT2D eigenvalue weighted by atomic mass is 9.93. The Balaban J connectivity index is 2.03. The van der Waals surface area contributed by atoms with Gasteiger partial charge in [-0.05, 0) is 40.2 Å². The molecule has 0 spiro atoms. The zero-order chi connectivity index (χ0) is 16.3. The first-order chi connectivity index (χ1) is 10.5. The zero-order valence-corrected chi connectivity index (χ0v) is 14.6. The van der Waals surface area contributed by atoms with Gasteiger partial charge in [0.15, 0.2) is 0 Å². The highest BCUT2D eigenvalue weighted by Crippen LogP contribution is 2.24. The Labute approximate surface area is 134 Å². The van der Waals surface area contributed by atoms with Crippen molar-refractivity contribution < 1.29 is 4.79 Å². The second-order valence-corrected chi connectivity index (χ2v) is 6.52. The highest BCUT2D eigenvalue weighted by Gasteiger charge is 2.27. The van der Waals surface area contributed by atoms with Crippen LogP contribution >= 0.6 is 0 Å². The summed E-state index contributed by atoms with van der Waals surface area (Å²) in [6.45, 7) is 6.10. The van der Waals surface area contributed by atoms with Gasteiger partial charge in [0, 0.05) is 18.7 Å². The van der Waals surface area contributed by atoms with Crippen LogP contribution in [0.2, 0.25) is 0 Å². The molecule has 1 saturated carbocycles. The summed E-state index contributed by atoms with van der Waals surface area (Å²) in [6.07, 6.45) is 7.19. The molecule has 1 aromatic heterocycles. The van der Waals surface area contributed by atoms with Crippen molar-refractivity contribution in [3.05, 3.63) is 11.3 Å². The molecule has 0 bridgehead atoms. The number of likely N-dealkylation sites (N-methyl/N-ethyl adjacent to an activating group) is 1. The van der Waals surface area contributed by atoms with E-state index in [4.69, 9.17) is 0 Å². The highest BCUT2D eigenvalue weighted by molar-refractivity contribution is 5.94. The lowest BCUT2D eigenvalue weighted by Gasteiger charge is -2.34.